The maximum absolute atomic E-state index is 11.8. The van der Waals surface area contributed by atoms with Crippen LogP contribution >= 0.6 is 11.8 Å². The second kappa shape index (κ2) is 7.21. The standard InChI is InChI=1S/C14H19NO2S/c1-10(2)8-13(16)11-4-6-12(7-5-11)18-9-14(17)15-3/h4-7,10H,8-9H2,1-3H3,(H,15,17). The number of hydrogen-bond acceptors (Lipinski definition) is 3. The first-order valence-electron chi connectivity index (χ1n) is 5.99. The predicted molar refractivity (Wildman–Crippen MR) is 75.0 cm³/mol. The Hall–Kier alpha value is -1.29. The van der Waals surface area contributed by atoms with Crippen molar-refractivity contribution in [2.75, 3.05) is 12.8 Å². The number of amides is 1. The molecule has 98 valence electrons. The second-order valence-electron chi connectivity index (χ2n) is 4.51. The zero-order valence-electron chi connectivity index (χ0n) is 11.0. The Morgan fingerprint density at radius 2 is 1.83 bits per heavy atom. The van der Waals surface area contributed by atoms with Crippen molar-refractivity contribution >= 4 is 23.5 Å². The van der Waals surface area contributed by atoms with Crippen LogP contribution in [-0.2, 0) is 4.79 Å². The summed E-state index contributed by atoms with van der Waals surface area (Å²) < 4.78 is 0. The lowest BCUT2D eigenvalue weighted by Gasteiger charge is -2.05. The second-order valence-corrected chi connectivity index (χ2v) is 5.56. The van der Waals surface area contributed by atoms with Gasteiger partial charge >= 0.3 is 0 Å². The average Bonchev–Trinajstić information content (AvgIpc) is 2.35. The molecule has 0 aromatic heterocycles. The monoisotopic (exact) mass is 265 g/mol. The molecule has 1 rings (SSSR count). The fourth-order valence-electron chi connectivity index (χ4n) is 1.45. The predicted octanol–water partition coefficient (Wildman–Crippen LogP) is 2.75. The molecule has 0 aliphatic carbocycles. The van der Waals surface area contributed by atoms with Gasteiger partial charge in [0.25, 0.3) is 0 Å². The maximum atomic E-state index is 11.8. The smallest absolute Gasteiger partial charge is 0.230 e. The summed E-state index contributed by atoms with van der Waals surface area (Å²) in [4.78, 5) is 23.9. The van der Waals surface area contributed by atoms with Crippen molar-refractivity contribution in [3.8, 4) is 0 Å². The number of ketones is 1. The van der Waals surface area contributed by atoms with Crippen LogP contribution in [0.4, 0.5) is 0 Å². The van der Waals surface area contributed by atoms with Crippen LogP contribution < -0.4 is 5.32 Å². The first kappa shape index (κ1) is 14.8. The van der Waals surface area contributed by atoms with E-state index in [2.05, 4.69) is 5.32 Å². The molecule has 0 unspecified atom stereocenters. The normalized spacial score (nSPS) is 10.4. The third-order valence-electron chi connectivity index (χ3n) is 2.42. The molecular weight excluding hydrogens is 246 g/mol. The lowest BCUT2D eigenvalue weighted by atomic mass is 10.0. The molecule has 0 heterocycles. The first-order valence-corrected chi connectivity index (χ1v) is 6.98. The van der Waals surface area contributed by atoms with Gasteiger partial charge in [-0.1, -0.05) is 26.0 Å². The van der Waals surface area contributed by atoms with Crippen molar-refractivity contribution in [3.05, 3.63) is 29.8 Å². The molecule has 0 saturated heterocycles. The van der Waals surface area contributed by atoms with Gasteiger partial charge in [-0.3, -0.25) is 9.59 Å². The number of thioether (sulfide) groups is 1. The molecule has 1 aromatic rings. The zero-order valence-corrected chi connectivity index (χ0v) is 11.8. The van der Waals surface area contributed by atoms with E-state index in [1.807, 2.05) is 38.1 Å². The minimum Gasteiger partial charge on any atom is -0.358 e. The molecule has 0 saturated carbocycles. The molecule has 0 bridgehead atoms. The molecule has 0 aliphatic rings. The molecule has 1 aromatic carbocycles. The van der Waals surface area contributed by atoms with Crippen LogP contribution in [0.1, 0.15) is 30.6 Å². The highest BCUT2D eigenvalue weighted by Crippen LogP contribution is 2.19. The van der Waals surface area contributed by atoms with E-state index < -0.39 is 0 Å². The number of Topliss-reactive ketones (excluding diaryl/α,β-unsaturated/α-hetero) is 1. The van der Waals surface area contributed by atoms with Gasteiger partial charge in [0.2, 0.25) is 5.91 Å². The number of rotatable bonds is 6. The Labute approximate surface area is 112 Å². The van der Waals surface area contributed by atoms with Gasteiger partial charge in [0.15, 0.2) is 5.78 Å². The Bertz CT molecular complexity index is 412. The fraction of sp³-hybridized carbons (Fsp3) is 0.429. The van der Waals surface area contributed by atoms with Crippen molar-refractivity contribution in [3.63, 3.8) is 0 Å². The molecule has 0 aliphatic heterocycles. The Kier molecular flexibility index (Phi) is 5.92. The van der Waals surface area contributed by atoms with Crippen molar-refractivity contribution in [2.24, 2.45) is 5.92 Å². The summed E-state index contributed by atoms with van der Waals surface area (Å²) in [6.45, 7) is 4.07. The summed E-state index contributed by atoms with van der Waals surface area (Å²) >= 11 is 1.46. The highest BCUT2D eigenvalue weighted by atomic mass is 32.2. The summed E-state index contributed by atoms with van der Waals surface area (Å²) in [5.41, 5.74) is 0.744. The number of nitrogens with one attached hydrogen (secondary N) is 1. The van der Waals surface area contributed by atoms with Gasteiger partial charge < -0.3 is 5.32 Å². The minimum atomic E-state index is -0.0000364. The van der Waals surface area contributed by atoms with Gasteiger partial charge in [0.05, 0.1) is 5.75 Å². The topological polar surface area (TPSA) is 46.2 Å². The maximum Gasteiger partial charge on any atom is 0.230 e. The van der Waals surface area contributed by atoms with E-state index in [4.69, 9.17) is 0 Å². The summed E-state index contributed by atoms with van der Waals surface area (Å²) in [6.07, 6.45) is 0.574. The van der Waals surface area contributed by atoms with Crippen molar-refractivity contribution in [2.45, 2.75) is 25.2 Å². The van der Waals surface area contributed by atoms with Crippen LogP contribution in [0, 0.1) is 5.92 Å². The lowest BCUT2D eigenvalue weighted by molar-refractivity contribution is -0.118. The van der Waals surface area contributed by atoms with Crippen LogP contribution in [0.15, 0.2) is 29.2 Å². The van der Waals surface area contributed by atoms with Gasteiger partial charge in [0.1, 0.15) is 0 Å². The van der Waals surface area contributed by atoms with Crippen molar-refractivity contribution < 1.29 is 9.59 Å². The zero-order chi connectivity index (χ0) is 13.5. The Morgan fingerprint density at radius 1 is 1.22 bits per heavy atom. The van der Waals surface area contributed by atoms with Crippen LogP contribution in [0.3, 0.4) is 0 Å². The molecule has 0 fully saturated rings. The minimum absolute atomic E-state index is 0.0000364. The van der Waals surface area contributed by atoms with Crippen LogP contribution in [0.2, 0.25) is 0 Å². The number of carbonyl (C=O) groups excluding carboxylic acids is 2. The first-order chi connectivity index (χ1) is 8.52. The molecule has 1 N–H and O–H groups in total. The number of carbonyl (C=O) groups is 2. The van der Waals surface area contributed by atoms with E-state index in [0.29, 0.717) is 18.1 Å². The average molecular weight is 265 g/mol. The molecule has 0 radical (unpaired) electrons. The summed E-state index contributed by atoms with van der Waals surface area (Å²) in [6, 6.07) is 7.44. The molecule has 4 heteroatoms. The number of benzene rings is 1. The van der Waals surface area contributed by atoms with Gasteiger partial charge in [0, 0.05) is 23.9 Å². The molecule has 0 spiro atoms. The molecular formula is C14H19NO2S. The Morgan fingerprint density at radius 3 is 2.33 bits per heavy atom. The van der Waals surface area contributed by atoms with E-state index in [-0.39, 0.29) is 11.7 Å². The van der Waals surface area contributed by atoms with Crippen LogP contribution in [-0.4, -0.2) is 24.5 Å². The number of hydrogen-bond donors (Lipinski definition) is 1. The molecule has 3 nitrogen and oxygen atoms in total. The van der Waals surface area contributed by atoms with E-state index in [1.165, 1.54) is 11.8 Å². The van der Waals surface area contributed by atoms with Crippen LogP contribution in [0.25, 0.3) is 0 Å². The van der Waals surface area contributed by atoms with Gasteiger partial charge in [-0.15, -0.1) is 11.8 Å². The van der Waals surface area contributed by atoms with E-state index in [1.54, 1.807) is 7.05 Å². The molecule has 0 atom stereocenters. The molecule has 18 heavy (non-hydrogen) atoms. The highest BCUT2D eigenvalue weighted by Gasteiger charge is 2.08. The van der Waals surface area contributed by atoms with Gasteiger partial charge in [-0.25, -0.2) is 0 Å². The van der Waals surface area contributed by atoms with Crippen molar-refractivity contribution in [1.82, 2.24) is 5.32 Å². The summed E-state index contributed by atoms with van der Waals surface area (Å²) in [7, 11) is 1.62. The summed E-state index contributed by atoms with van der Waals surface area (Å²) in [5.74, 6) is 0.947. The summed E-state index contributed by atoms with van der Waals surface area (Å²) in [5, 5.41) is 2.57. The molecule has 1 amide bonds. The fourth-order valence-corrected chi connectivity index (χ4v) is 2.22. The van der Waals surface area contributed by atoms with E-state index in [0.717, 1.165) is 10.5 Å². The Balaban J connectivity index is 2.57. The van der Waals surface area contributed by atoms with Crippen molar-refractivity contribution in [1.29, 1.82) is 0 Å². The van der Waals surface area contributed by atoms with E-state index >= 15 is 0 Å². The van der Waals surface area contributed by atoms with E-state index in [9.17, 15) is 9.59 Å². The van der Waals surface area contributed by atoms with Gasteiger partial charge in [-0.2, -0.15) is 0 Å². The highest BCUT2D eigenvalue weighted by molar-refractivity contribution is 8.00. The lowest BCUT2D eigenvalue weighted by Crippen LogP contribution is -2.19. The van der Waals surface area contributed by atoms with Crippen LogP contribution in [0.5, 0.6) is 0 Å². The SMILES string of the molecule is CNC(=O)CSc1ccc(C(=O)CC(C)C)cc1. The largest absolute Gasteiger partial charge is 0.358 e. The quantitative estimate of drug-likeness (QED) is 0.635. The third-order valence-corrected chi connectivity index (χ3v) is 3.43. The third kappa shape index (κ3) is 4.92. The van der Waals surface area contributed by atoms with Gasteiger partial charge in [-0.05, 0) is 18.1 Å².